The van der Waals surface area contributed by atoms with Gasteiger partial charge in [-0.15, -0.1) is 0 Å². The zero-order valence-corrected chi connectivity index (χ0v) is 17.1. The third kappa shape index (κ3) is 3.26. The van der Waals surface area contributed by atoms with Gasteiger partial charge in [-0.05, 0) is 24.6 Å². The van der Waals surface area contributed by atoms with E-state index in [0.29, 0.717) is 17.3 Å². The summed E-state index contributed by atoms with van der Waals surface area (Å²) >= 11 is 15.9. The molecule has 1 aromatic carbocycles. The number of pyridine rings is 1. The van der Waals surface area contributed by atoms with Crippen LogP contribution in [0.25, 0.3) is 11.0 Å². The molecule has 0 saturated carbocycles. The number of fused-ring (bicyclic) bond motifs is 1. The average Bonchev–Trinajstić information content (AvgIpc) is 2.60. The summed E-state index contributed by atoms with van der Waals surface area (Å²) in [5.41, 5.74) is 0.265. The second kappa shape index (κ2) is 7.42. The lowest BCUT2D eigenvalue weighted by Crippen LogP contribution is -2.27. The molecular formula is C17H15BrCl2N4O2. The topological polar surface area (TPSA) is 68.9 Å². The maximum Gasteiger partial charge on any atom is 0.272 e. The van der Waals surface area contributed by atoms with Gasteiger partial charge >= 0.3 is 0 Å². The van der Waals surface area contributed by atoms with Crippen LogP contribution >= 0.6 is 39.1 Å². The van der Waals surface area contributed by atoms with Crippen LogP contribution in [0.4, 0.5) is 11.4 Å². The summed E-state index contributed by atoms with van der Waals surface area (Å²) in [6.07, 6.45) is 2.21. The molecule has 6 nitrogen and oxygen atoms in total. The molecule has 0 spiro atoms. The summed E-state index contributed by atoms with van der Waals surface area (Å²) in [7, 11) is 1.53. The molecule has 9 heteroatoms. The lowest BCUT2D eigenvalue weighted by Gasteiger charge is -2.15. The highest BCUT2D eigenvalue weighted by Crippen LogP contribution is 2.33. The van der Waals surface area contributed by atoms with Crippen LogP contribution < -0.4 is 16.4 Å². The van der Waals surface area contributed by atoms with E-state index in [2.05, 4.69) is 26.2 Å². The van der Waals surface area contributed by atoms with Gasteiger partial charge in [-0.1, -0.05) is 46.1 Å². The van der Waals surface area contributed by atoms with Crippen molar-refractivity contribution >= 4 is 61.5 Å². The number of nitrogens with one attached hydrogen (secondary N) is 1. The van der Waals surface area contributed by atoms with Crippen LogP contribution in [0.15, 0.2) is 38.6 Å². The first-order valence-corrected chi connectivity index (χ1v) is 9.39. The fraction of sp³-hybridized carbons (Fsp3) is 0.235. The van der Waals surface area contributed by atoms with E-state index in [1.807, 2.05) is 6.92 Å². The number of halogens is 3. The van der Waals surface area contributed by atoms with E-state index in [1.165, 1.54) is 22.5 Å². The van der Waals surface area contributed by atoms with E-state index in [-0.39, 0.29) is 27.3 Å². The van der Waals surface area contributed by atoms with Crippen LogP contribution in [-0.2, 0) is 13.6 Å². The lowest BCUT2D eigenvalue weighted by molar-refractivity contribution is 0.645. The molecular weight excluding hydrogens is 443 g/mol. The quantitative estimate of drug-likeness (QED) is 0.633. The monoisotopic (exact) mass is 456 g/mol. The Bertz CT molecular complexity index is 1120. The molecule has 0 aliphatic heterocycles. The van der Waals surface area contributed by atoms with Crippen LogP contribution in [-0.4, -0.2) is 14.1 Å². The SMILES string of the molecule is CCCn1cnc2c(c(Nc3ccc(Br)cc3Cl)c(Cl)c(=O)n2C)c1=O. The van der Waals surface area contributed by atoms with Crippen molar-refractivity contribution in [3.63, 3.8) is 0 Å². The second-order valence-electron chi connectivity index (χ2n) is 5.74. The van der Waals surface area contributed by atoms with Gasteiger partial charge in [-0.3, -0.25) is 18.7 Å². The molecule has 1 N–H and O–H groups in total. The highest BCUT2D eigenvalue weighted by Gasteiger charge is 2.19. The summed E-state index contributed by atoms with van der Waals surface area (Å²) in [6, 6.07) is 5.22. The van der Waals surface area contributed by atoms with Crippen molar-refractivity contribution in [1.82, 2.24) is 14.1 Å². The van der Waals surface area contributed by atoms with E-state index in [1.54, 1.807) is 18.2 Å². The molecule has 3 rings (SSSR count). The molecule has 2 aromatic heterocycles. The van der Waals surface area contributed by atoms with Gasteiger partial charge in [0.2, 0.25) is 0 Å². The first-order valence-electron chi connectivity index (χ1n) is 7.84. The minimum absolute atomic E-state index is 0.0906. The van der Waals surface area contributed by atoms with E-state index in [9.17, 15) is 9.59 Å². The van der Waals surface area contributed by atoms with Crippen LogP contribution in [0, 0.1) is 0 Å². The first kappa shape index (κ1) is 18.9. The summed E-state index contributed by atoms with van der Waals surface area (Å²) < 4.78 is 3.57. The second-order valence-corrected chi connectivity index (χ2v) is 7.44. The Balaban J connectivity index is 2.34. The molecule has 0 saturated heterocycles. The molecule has 2 heterocycles. The van der Waals surface area contributed by atoms with Crippen molar-refractivity contribution in [2.45, 2.75) is 19.9 Å². The molecule has 0 radical (unpaired) electrons. The number of rotatable bonds is 4. The minimum Gasteiger partial charge on any atom is -0.352 e. The number of hydrogen-bond donors (Lipinski definition) is 1. The zero-order chi connectivity index (χ0) is 19.0. The smallest absolute Gasteiger partial charge is 0.272 e. The summed E-state index contributed by atoms with van der Waals surface area (Å²) in [6.45, 7) is 2.48. The molecule has 0 unspecified atom stereocenters. The van der Waals surface area contributed by atoms with E-state index in [4.69, 9.17) is 23.2 Å². The Hall–Kier alpha value is -1.83. The van der Waals surface area contributed by atoms with E-state index in [0.717, 1.165) is 10.9 Å². The molecule has 0 bridgehead atoms. The molecule has 0 atom stereocenters. The molecule has 0 aliphatic carbocycles. The summed E-state index contributed by atoms with van der Waals surface area (Å²) in [4.78, 5) is 29.7. The number of aryl methyl sites for hydroxylation is 2. The van der Waals surface area contributed by atoms with Crippen LogP contribution in [0.1, 0.15) is 13.3 Å². The highest BCUT2D eigenvalue weighted by molar-refractivity contribution is 9.10. The first-order chi connectivity index (χ1) is 12.3. The van der Waals surface area contributed by atoms with Crippen LogP contribution in [0.2, 0.25) is 10.0 Å². The predicted octanol–water partition coefficient (Wildman–Crippen LogP) is 4.32. The molecule has 0 aliphatic rings. The third-order valence-electron chi connectivity index (χ3n) is 3.95. The fourth-order valence-electron chi connectivity index (χ4n) is 2.66. The highest BCUT2D eigenvalue weighted by atomic mass is 79.9. The Morgan fingerprint density at radius 2 is 1.96 bits per heavy atom. The molecule has 136 valence electrons. The van der Waals surface area contributed by atoms with Gasteiger partial charge in [0.15, 0.2) is 5.65 Å². The zero-order valence-electron chi connectivity index (χ0n) is 14.0. The maximum atomic E-state index is 13.0. The van der Waals surface area contributed by atoms with E-state index >= 15 is 0 Å². The van der Waals surface area contributed by atoms with Crippen LogP contribution in [0.3, 0.4) is 0 Å². The van der Waals surface area contributed by atoms with Crippen molar-refractivity contribution in [2.75, 3.05) is 5.32 Å². The Labute approximate surface area is 167 Å². The Morgan fingerprint density at radius 3 is 2.62 bits per heavy atom. The molecule has 0 fully saturated rings. The number of benzene rings is 1. The van der Waals surface area contributed by atoms with Crippen molar-refractivity contribution in [1.29, 1.82) is 0 Å². The lowest BCUT2D eigenvalue weighted by atomic mass is 10.2. The van der Waals surface area contributed by atoms with Gasteiger partial charge in [0.1, 0.15) is 10.4 Å². The van der Waals surface area contributed by atoms with Crippen molar-refractivity contribution in [3.8, 4) is 0 Å². The largest absolute Gasteiger partial charge is 0.352 e. The van der Waals surface area contributed by atoms with Gasteiger partial charge in [-0.25, -0.2) is 4.98 Å². The maximum absolute atomic E-state index is 13.0. The standard InChI is InChI=1S/C17H15BrCl2N4O2/c1-3-6-24-8-21-15-12(16(24)25)14(13(20)17(26)23(15)2)22-11-5-4-9(18)7-10(11)19/h4-5,7-8,22H,3,6H2,1-2H3. The van der Waals surface area contributed by atoms with Gasteiger partial charge in [0, 0.05) is 18.1 Å². The third-order valence-corrected chi connectivity index (χ3v) is 5.11. The number of hydrogen-bond acceptors (Lipinski definition) is 4. The molecule has 3 aromatic rings. The predicted molar refractivity (Wildman–Crippen MR) is 109 cm³/mol. The van der Waals surface area contributed by atoms with Gasteiger partial charge < -0.3 is 5.32 Å². The van der Waals surface area contributed by atoms with Gasteiger partial charge in [0.05, 0.1) is 22.7 Å². The average molecular weight is 458 g/mol. The molecule has 0 amide bonds. The normalized spacial score (nSPS) is 11.1. The summed E-state index contributed by atoms with van der Waals surface area (Å²) in [5.74, 6) is 0. The Morgan fingerprint density at radius 1 is 1.23 bits per heavy atom. The van der Waals surface area contributed by atoms with Crippen molar-refractivity contribution in [2.24, 2.45) is 7.05 Å². The van der Waals surface area contributed by atoms with Gasteiger partial charge in [-0.2, -0.15) is 0 Å². The number of anilines is 2. The van der Waals surface area contributed by atoms with Crippen molar-refractivity contribution < 1.29 is 0 Å². The van der Waals surface area contributed by atoms with Crippen molar-refractivity contribution in [3.05, 3.63) is 59.8 Å². The fourth-order valence-corrected chi connectivity index (χ4v) is 3.65. The number of aromatic nitrogens is 3. The minimum atomic E-state index is -0.449. The molecule has 26 heavy (non-hydrogen) atoms. The number of nitrogens with zero attached hydrogens (tertiary/aromatic N) is 3. The van der Waals surface area contributed by atoms with Crippen LogP contribution in [0.5, 0.6) is 0 Å². The Kier molecular flexibility index (Phi) is 5.41. The van der Waals surface area contributed by atoms with E-state index < -0.39 is 5.56 Å². The van der Waals surface area contributed by atoms with Gasteiger partial charge in [0.25, 0.3) is 11.1 Å². The summed E-state index contributed by atoms with van der Waals surface area (Å²) in [5, 5.41) is 3.61.